The second kappa shape index (κ2) is 18.0. The minimum absolute atomic E-state index is 0.190. The van der Waals surface area contributed by atoms with Gasteiger partial charge in [-0.25, -0.2) is 14.3 Å². The van der Waals surface area contributed by atoms with E-state index in [9.17, 15) is 9.90 Å². The highest BCUT2D eigenvalue weighted by Crippen LogP contribution is 2.34. The number of carbonyl (C=O) groups is 1. The Morgan fingerprint density at radius 2 is 1.54 bits per heavy atom. The van der Waals surface area contributed by atoms with E-state index in [2.05, 4.69) is 23.3 Å². The van der Waals surface area contributed by atoms with Crippen LogP contribution in [0.5, 0.6) is 17.5 Å². The third-order valence-corrected chi connectivity index (χ3v) is 9.79. The Hall–Kier alpha value is -5.82. The van der Waals surface area contributed by atoms with Gasteiger partial charge < -0.3 is 38.8 Å². The van der Waals surface area contributed by atoms with Gasteiger partial charge >= 0.3 is 12.1 Å². The van der Waals surface area contributed by atoms with Crippen molar-refractivity contribution in [1.29, 1.82) is 0 Å². The van der Waals surface area contributed by atoms with Crippen molar-refractivity contribution in [2.75, 3.05) is 56.8 Å². The topological polar surface area (TPSA) is 127 Å². The molecule has 13 heteroatoms. The molecule has 0 spiro atoms. The molecule has 6 rings (SSSR count). The Morgan fingerprint density at radius 3 is 2.09 bits per heavy atom. The number of aromatic nitrogens is 4. The number of allylic oxidation sites excluding steroid dienone is 1. The molecule has 1 aliphatic heterocycles. The van der Waals surface area contributed by atoms with Crippen molar-refractivity contribution in [2.45, 2.75) is 72.3 Å². The quantitative estimate of drug-likeness (QED) is 0.105. The smallest absolute Gasteiger partial charge is 0.410 e. The fourth-order valence-corrected chi connectivity index (χ4v) is 6.71. The predicted octanol–water partition coefficient (Wildman–Crippen LogP) is 7.70. The van der Waals surface area contributed by atoms with Crippen molar-refractivity contribution in [1.82, 2.24) is 24.5 Å². The molecule has 0 saturated carbocycles. The molecule has 1 N–H and O–H groups in total. The fourth-order valence-electron chi connectivity index (χ4n) is 6.71. The van der Waals surface area contributed by atoms with E-state index < -0.39 is 11.7 Å². The van der Waals surface area contributed by atoms with Crippen LogP contribution in [-0.2, 0) is 17.8 Å². The zero-order chi connectivity index (χ0) is 40.7. The number of hydrogen-bond acceptors (Lipinski definition) is 11. The summed E-state index contributed by atoms with van der Waals surface area (Å²) in [5.74, 6) is 2.10. The first kappa shape index (κ1) is 40.8. The van der Waals surface area contributed by atoms with Crippen molar-refractivity contribution in [3.63, 3.8) is 0 Å². The van der Waals surface area contributed by atoms with Crippen LogP contribution in [0.1, 0.15) is 81.5 Å². The summed E-state index contributed by atoms with van der Waals surface area (Å²) in [5.41, 5.74) is 5.90. The molecule has 2 aromatic heterocycles. The van der Waals surface area contributed by atoms with Crippen LogP contribution in [-0.4, -0.2) is 88.3 Å². The second-order valence-corrected chi connectivity index (χ2v) is 15.3. The number of carbonyl (C=O) groups excluding carboxylic acids is 1. The summed E-state index contributed by atoms with van der Waals surface area (Å²) in [4.78, 5) is 28.6. The molecule has 1 unspecified atom stereocenters. The number of nitrogens with zero attached hydrogens (tertiary/aromatic N) is 7. The number of fused-ring (bicyclic) bond motifs is 1. The summed E-state index contributed by atoms with van der Waals surface area (Å²) < 4.78 is 24.2. The van der Waals surface area contributed by atoms with E-state index in [4.69, 9.17) is 34.0 Å². The lowest BCUT2D eigenvalue weighted by Gasteiger charge is -2.37. The SMILES string of the molecule is C=C(C)c1cc(C(O)c2cnc3c(N(Cc4ccc(OC)cc4)Cc4ccc(OC)cc4)nc(OCCCC)nn23)ccc1N1CCN(C(=O)OC(C)(C)C)CC1. The third-order valence-electron chi connectivity index (χ3n) is 9.79. The molecule has 1 fully saturated rings. The number of rotatable bonds is 15. The first-order valence-electron chi connectivity index (χ1n) is 19.5. The average molecular weight is 778 g/mol. The van der Waals surface area contributed by atoms with E-state index in [1.807, 2.05) is 94.4 Å². The normalized spacial score (nSPS) is 13.7. The number of aliphatic hydroxyl groups excluding tert-OH is 1. The van der Waals surface area contributed by atoms with Crippen LogP contribution in [0.2, 0.25) is 0 Å². The van der Waals surface area contributed by atoms with Crippen LogP contribution in [0.3, 0.4) is 0 Å². The molecule has 0 bridgehead atoms. The van der Waals surface area contributed by atoms with E-state index in [1.54, 1.807) is 29.8 Å². The van der Waals surface area contributed by atoms with E-state index in [0.717, 1.165) is 52.3 Å². The summed E-state index contributed by atoms with van der Waals surface area (Å²) in [6.45, 7) is 17.7. The summed E-state index contributed by atoms with van der Waals surface area (Å²) >= 11 is 0. The maximum Gasteiger partial charge on any atom is 0.410 e. The van der Waals surface area contributed by atoms with Crippen molar-refractivity contribution >= 4 is 28.8 Å². The number of ether oxygens (including phenoxy) is 4. The molecule has 1 amide bonds. The number of imidazole rings is 1. The molecule has 1 saturated heterocycles. The highest BCUT2D eigenvalue weighted by molar-refractivity contribution is 5.76. The molecule has 3 heterocycles. The van der Waals surface area contributed by atoms with Crippen molar-refractivity contribution < 1.29 is 28.8 Å². The Morgan fingerprint density at radius 1 is 0.930 bits per heavy atom. The minimum atomic E-state index is -1.08. The van der Waals surface area contributed by atoms with Crippen LogP contribution in [0.15, 0.2) is 79.5 Å². The van der Waals surface area contributed by atoms with Crippen molar-refractivity contribution in [3.8, 4) is 17.5 Å². The predicted molar refractivity (Wildman–Crippen MR) is 222 cm³/mol. The van der Waals surface area contributed by atoms with Gasteiger partial charge in [0.2, 0.25) is 0 Å². The largest absolute Gasteiger partial charge is 0.497 e. The van der Waals surface area contributed by atoms with Gasteiger partial charge in [-0.2, -0.15) is 4.98 Å². The lowest BCUT2D eigenvalue weighted by atomic mass is 9.98. The number of anilines is 2. The number of unbranched alkanes of at least 4 members (excludes halogenated alkanes) is 1. The van der Waals surface area contributed by atoms with Gasteiger partial charge in [-0.15, -0.1) is 5.10 Å². The first-order valence-corrected chi connectivity index (χ1v) is 19.5. The average Bonchev–Trinajstić information content (AvgIpc) is 3.64. The van der Waals surface area contributed by atoms with Gasteiger partial charge in [0.05, 0.1) is 32.7 Å². The summed E-state index contributed by atoms with van der Waals surface area (Å²) in [6, 6.07) is 22.0. The molecule has 5 aromatic rings. The number of benzene rings is 3. The van der Waals surface area contributed by atoms with Crippen LogP contribution < -0.4 is 24.0 Å². The van der Waals surface area contributed by atoms with Crippen LogP contribution >= 0.6 is 0 Å². The molecule has 302 valence electrons. The molecule has 1 aliphatic rings. The van der Waals surface area contributed by atoms with E-state index >= 15 is 0 Å². The summed E-state index contributed by atoms with van der Waals surface area (Å²) in [6.07, 6.45) is 2.05. The Bertz CT molecular complexity index is 2090. The standard InChI is InChI=1S/C44H55N7O6/c1-9-10-25-56-42-46-41(50(28-31-11-16-34(54-7)17-12-31)29-32-13-18-35(55-8)19-14-32)40-45-27-38(51(40)47-42)39(52)33-15-20-37(36(26-33)30(2)3)48-21-23-49(24-22-48)43(53)57-44(4,5)6/h11-20,26-27,39,52H,2,9-10,21-25,28-29H2,1,3-8H3. The Kier molecular flexibility index (Phi) is 12.9. The zero-order valence-electron chi connectivity index (χ0n) is 34.2. The third kappa shape index (κ3) is 9.95. The molecule has 0 aliphatic carbocycles. The maximum atomic E-state index is 12.7. The number of piperazine rings is 1. The molecule has 3 aromatic carbocycles. The van der Waals surface area contributed by atoms with E-state index in [0.29, 0.717) is 68.6 Å². The second-order valence-electron chi connectivity index (χ2n) is 15.3. The Balaban J connectivity index is 1.34. The first-order chi connectivity index (χ1) is 27.4. The Labute approximate surface area is 335 Å². The summed E-state index contributed by atoms with van der Waals surface area (Å²) in [7, 11) is 3.30. The molecular weight excluding hydrogens is 723 g/mol. The lowest BCUT2D eigenvalue weighted by Crippen LogP contribution is -2.50. The van der Waals surface area contributed by atoms with Gasteiger partial charge in [-0.05, 0) is 92.8 Å². The molecule has 0 radical (unpaired) electrons. The lowest BCUT2D eigenvalue weighted by molar-refractivity contribution is 0.0240. The van der Waals surface area contributed by atoms with Gasteiger partial charge in [-0.1, -0.05) is 50.3 Å². The summed E-state index contributed by atoms with van der Waals surface area (Å²) in [5, 5.41) is 16.9. The van der Waals surface area contributed by atoms with Gasteiger partial charge in [-0.3, -0.25) is 0 Å². The van der Waals surface area contributed by atoms with Crippen LogP contribution in [0, 0.1) is 0 Å². The molecule has 1 atom stereocenters. The number of amides is 1. The monoisotopic (exact) mass is 777 g/mol. The molecule has 57 heavy (non-hydrogen) atoms. The van der Waals surface area contributed by atoms with Gasteiger partial charge in [0.15, 0.2) is 11.5 Å². The van der Waals surface area contributed by atoms with E-state index in [-0.39, 0.29) is 12.1 Å². The van der Waals surface area contributed by atoms with Crippen molar-refractivity contribution in [3.05, 3.63) is 107 Å². The van der Waals surface area contributed by atoms with Gasteiger partial charge in [0, 0.05) is 50.5 Å². The maximum absolute atomic E-state index is 12.7. The highest BCUT2D eigenvalue weighted by atomic mass is 16.6. The van der Waals surface area contributed by atoms with Crippen LogP contribution in [0.4, 0.5) is 16.3 Å². The van der Waals surface area contributed by atoms with Crippen LogP contribution in [0.25, 0.3) is 11.2 Å². The van der Waals surface area contributed by atoms with Gasteiger partial charge in [0.1, 0.15) is 23.2 Å². The van der Waals surface area contributed by atoms with Gasteiger partial charge in [0.25, 0.3) is 0 Å². The van der Waals surface area contributed by atoms with Crippen molar-refractivity contribution in [2.24, 2.45) is 0 Å². The number of hydrogen-bond donors (Lipinski definition) is 1. The number of methoxy groups -OCH3 is 2. The fraction of sp³-hybridized carbons (Fsp3) is 0.409. The molecule has 13 nitrogen and oxygen atoms in total. The minimum Gasteiger partial charge on any atom is -0.497 e. The zero-order valence-corrected chi connectivity index (χ0v) is 34.2. The number of aliphatic hydroxyl groups is 1. The molecular formula is C44H55N7O6. The van der Waals surface area contributed by atoms with E-state index in [1.165, 1.54) is 0 Å². The highest BCUT2D eigenvalue weighted by Gasteiger charge is 2.28.